The molecule has 1 aliphatic carbocycles. The molecule has 0 bridgehead atoms. The number of rotatable bonds is 6. The summed E-state index contributed by atoms with van der Waals surface area (Å²) in [5, 5.41) is 4.20. The normalized spacial score (nSPS) is 13.8. The number of nitrogens with one attached hydrogen (secondary N) is 1. The lowest BCUT2D eigenvalue weighted by Gasteiger charge is -2.20. The van der Waals surface area contributed by atoms with Gasteiger partial charge in [-0.3, -0.25) is 9.78 Å². The van der Waals surface area contributed by atoms with Gasteiger partial charge in [0.1, 0.15) is 0 Å². The average Bonchev–Trinajstić information content (AvgIpc) is 2.59. The number of fused-ring (bicyclic) bond motifs is 2. The van der Waals surface area contributed by atoms with Crippen LogP contribution in [0.2, 0.25) is 0 Å². The number of amides is 1. The van der Waals surface area contributed by atoms with E-state index in [0.717, 1.165) is 37.7 Å². The first-order chi connectivity index (χ1) is 11.3. The number of thioether (sulfide) groups is 1. The molecule has 122 valence electrons. The molecule has 0 atom stereocenters. The minimum absolute atomic E-state index is 0.133. The molecule has 0 unspecified atom stereocenters. The second-order valence-corrected chi connectivity index (χ2v) is 7.07. The summed E-state index contributed by atoms with van der Waals surface area (Å²) in [4.78, 5) is 18.2. The first-order valence-corrected chi connectivity index (χ1v) is 9.58. The van der Waals surface area contributed by atoms with Crippen molar-refractivity contribution in [1.82, 2.24) is 10.3 Å². The predicted octanol–water partition coefficient (Wildman–Crippen LogP) is 4.12. The number of pyridine rings is 1. The van der Waals surface area contributed by atoms with Crippen LogP contribution in [-0.2, 0) is 17.6 Å². The van der Waals surface area contributed by atoms with Gasteiger partial charge in [0.05, 0.1) is 11.3 Å². The van der Waals surface area contributed by atoms with Gasteiger partial charge in [0.2, 0.25) is 5.91 Å². The molecule has 2 aromatic rings. The van der Waals surface area contributed by atoms with Crippen molar-refractivity contribution in [3.8, 4) is 0 Å². The molecule has 3 nitrogen and oxygen atoms in total. The van der Waals surface area contributed by atoms with Crippen molar-refractivity contribution in [3.63, 3.8) is 0 Å². The molecular formula is C19H24N2OS. The quantitative estimate of drug-likeness (QED) is 0.640. The van der Waals surface area contributed by atoms with Gasteiger partial charge in [-0.25, -0.2) is 0 Å². The fourth-order valence-corrected chi connectivity index (χ4v) is 4.19. The van der Waals surface area contributed by atoms with Gasteiger partial charge in [-0.05, 0) is 43.7 Å². The third-order valence-electron chi connectivity index (χ3n) is 4.32. The molecule has 0 spiro atoms. The van der Waals surface area contributed by atoms with Gasteiger partial charge in [-0.1, -0.05) is 31.5 Å². The molecule has 4 heteroatoms. The molecule has 1 amide bonds. The second kappa shape index (κ2) is 7.82. The topological polar surface area (TPSA) is 42.0 Å². The molecular weight excluding hydrogens is 304 g/mol. The highest BCUT2D eigenvalue weighted by atomic mass is 32.2. The zero-order valence-electron chi connectivity index (χ0n) is 13.7. The predicted molar refractivity (Wildman–Crippen MR) is 97.0 cm³/mol. The Bertz CT molecular complexity index is 699. The van der Waals surface area contributed by atoms with E-state index in [-0.39, 0.29) is 5.91 Å². The van der Waals surface area contributed by atoms with Crippen molar-refractivity contribution in [2.75, 3.05) is 12.3 Å². The van der Waals surface area contributed by atoms with Crippen LogP contribution >= 0.6 is 11.8 Å². The molecule has 3 rings (SSSR count). The molecule has 1 aromatic heterocycles. The highest BCUT2D eigenvalue weighted by molar-refractivity contribution is 8.00. The largest absolute Gasteiger partial charge is 0.355 e. The Morgan fingerprint density at radius 2 is 2.09 bits per heavy atom. The van der Waals surface area contributed by atoms with E-state index in [1.807, 2.05) is 6.07 Å². The second-order valence-electron chi connectivity index (χ2n) is 6.08. The lowest BCUT2D eigenvalue weighted by atomic mass is 9.94. The van der Waals surface area contributed by atoms with Crippen LogP contribution in [0.1, 0.15) is 43.9 Å². The fourth-order valence-electron chi connectivity index (χ4n) is 3.09. The molecule has 0 saturated carbocycles. The van der Waals surface area contributed by atoms with E-state index in [1.165, 1.54) is 34.4 Å². The van der Waals surface area contributed by atoms with Crippen LogP contribution in [0.25, 0.3) is 10.9 Å². The van der Waals surface area contributed by atoms with Crippen molar-refractivity contribution in [1.29, 1.82) is 0 Å². The number of nitrogens with zero attached hydrogens (tertiary/aromatic N) is 1. The highest BCUT2D eigenvalue weighted by Crippen LogP contribution is 2.35. The minimum Gasteiger partial charge on any atom is -0.355 e. The summed E-state index contributed by atoms with van der Waals surface area (Å²) in [7, 11) is 0. The summed E-state index contributed by atoms with van der Waals surface area (Å²) >= 11 is 1.68. The number of para-hydroxylation sites is 1. The SMILES string of the molecule is CCCCNC(=O)CSc1c2c(nc3ccccc13)CCCC2. The number of carbonyl (C=O) groups is 1. The van der Waals surface area contributed by atoms with Crippen molar-refractivity contribution >= 4 is 28.6 Å². The van der Waals surface area contributed by atoms with Crippen LogP contribution < -0.4 is 5.32 Å². The molecule has 1 aromatic carbocycles. The Kier molecular flexibility index (Phi) is 5.55. The summed E-state index contributed by atoms with van der Waals surface area (Å²) in [6.07, 6.45) is 6.76. The number of unbranched alkanes of at least 4 members (excludes halogenated alkanes) is 1. The summed E-state index contributed by atoms with van der Waals surface area (Å²) in [6, 6.07) is 8.31. The van der Waals surface area contributed by atoms with E-state index in [0.29, 0.717) is 5.75 Å². The number of hydrogen-bond acceptors (Lipinski definition) is 3. The standard InChI is InChI=1S/C19H24N2OS/c1-2-3-12-20-18(22)13-23-19-14-8-4-6-10-16(14)21-17-11-7-5-9-15(17)19/h4,6,8,10H,2-3,5,7,9,11-13H2,1H3,(H,20,22). The van der Waals surface area contributed by atoms with Crippen molar-refractivity contribution in [2.24, 2.45) is 0 Å². The molecule has 1 N–H and O–H groups in total. The summed E-state index contributed by atoms with van der Waals surface area (Å²) in [5.74, 6) is 0.623. The first-order valence-electron chi connectivity index (χ1n) is 8.59. The maximum atomic E-state index is 12.0. The number of carbonyl (C=O) groups excluding carboxylic acids is 1. The third-order valence-corrected chi connectivity index (χ3v) is 5.48. The van der Waals surface area contributed by atoms with E-state index in [4.69, 9.17) is 4.98 Å². The number of aryl methyl sites for hydroxylation is 1. The summed E-state index contributed by atoms with van der Waals surface area (Å²) in [6.45, 7) is 2.92. The smallest absolute Gasteiger partial charge is 0.230 e. The highest BCUT2D eigenvalue weighted by Gasteiger charge is 2.18. The van der Waals surface area contributed by atoms with Crippen LogP contribution in [-0.4, -0.2) is 23.2 Å². The van der Waals surface area contributed by atoms with Crippen LogP contribution in [0.4, 0.5) is 0 Å². The first kappa shape index (κ1) is 16.3. The zero-order valence-corrected chi connectivity index (χ0v) is 14.5. The molecule has 1 aliphatic rings. The van der Waals surface area contributed by atoms with E-state index < -0.39 is 0 Å². The van der Waals surface area contributed by atoms with Crippen LogP contribution in [0.3, 0.4) is 0 Å². The van der Waals surface area contributed by atoms with Gasteiger partial charge >= 0.3 is 0 Å². The average molecular weight is 328 g/mol. The summed E-state index contributed by atoms with van der Waals surface area (Å²) in [5.41, 5.74) is 3.67. The van der Waals surface area contributed by atoms with E-state index >= 15 is 0 Å². The number of aromatic nitrogens is 1. The van der Waals surface area contributed by atoms with Gasteiger partial charge in [-0.15, -0.1) is 11.8 Å². The van der Waals surface area contributed by atoms with Crippen molar-refractivity contribution in [2.45, 2.75) is 50.3 Å². The van der Waals surface area contributed by atoms with Gasteiger partial charge in [-0.2, -0.15) is 0 Å². The van der Waals surface area contributed by atoms with Gasteiger partial charge < -0.3 is 5.32 Å². The molecule has 0 saturated heterocycles. The Balaban J connectivity index is 1.82. The van der Waals surface area contributed by atoms with Crippen LogP contribution in [0, 0.1) is 0 Å². The Labute approximate surface area is 142 Å². The van der Waals surface area contributed by atoms with Crippen LogP contribution in [0.15, 0.2) is 29.2 Å². The van der Waals surface area contributed by atoms with E-state index in [9.17, 15) is 4.79 Å². The number of hydrogen-bond donors (Lipinski definition) is 1. The van der Waals surface area contributed by atoms with Gasteiger partial charge in [0, 0.05) is 22.5 Å². The molecule has 23 heavy (non-hydrogen) atoms. The monoisotopic (exact) mass is 328 g/mol. The Hall–Kier alpha value is -1.55. The maximum absolute atomic E-state index is 12.0. The van der Waals surface area contributed by atoms with E-state index in [2.05, 4.69) is 30.4 Å². The van der Waals surface area contributed by atoms with Gasteiger partial charge in [0.25, 0.3) is 0 Å². The Morgan fingerprint density at radius 1 is 1.26 bits per heavy atom. The maximum Gasteiger partial charge on any atom is 0.230 e. The van der Waals surface area contributed by atoms with Crippen LogP contribution in [0.5, 0.6) is 0 Å². The molecule has 1 heterocycles. The fraction of sp³-hybridized carbons (Fsp3) is 0.474. The van der Waals surface area contributed by atoms with Crippen molar-refractivity contribution < 1.29 is 4.79 Å². The van der Waals surface area contributed by atoms with E-state index in [1.54, 1.807) is 11.8 Å². The molecule has 0 aliphatic heterocycles. The lowest BCUT2D eigenvalue weighted by Crippen LogP contribution is -2.26. The molecule has 0 fully saturated rings. The Morgan fingerprint density at radius 3 is 2.96 bits per heavy atom. The summed E-state index contributed by atoms with van der Waals surface area (Å²) < 4.78 is 0. The molecule has 0 radical (unpaired) electrons. The number of benzene rings is 1. The zero-order chi connectivity index (χ0) is 16.1. The minimum atomic E-state index is 0.133. The van der Waals surface area contributed by atoms with Crippen molar-refractivity contribution in [3.05, 3.63) is 35.5 Å². The third kappa shape index (κ3) is 3.86. The van der Waals surface area contributed by atoms with Gasteiger partial charge in [0.15, 0.2) is 0 Å². The lowest BCUT2D eigenvalue weighted by molar-refractivity contribution is -0.118.